The van der Waals surface area contributed by atoms with E-state index in [0.717, 1.165) is 17.1 Å². The highest BCUT2D eigenvalue weighted by Gasteiger charge is 2.11. The molecule has 0 saturated heterocycles. The number of hydrogen-bond donors (Lipinski definition) is 2. The molecule has 0 bridgehead atoms. The van der Waals surface area contributed by atoms with Crippen LogP contribution in [0.25, 0.3) is 5.69 Å². The minimum Gasteiger partial charge on any atom is -0.383 e. The molecule has 2 heterocycles. The lowest BCUT2D eigenvalue weighted by Gasteiger charge is -2.11. The van der Waals surface area contributed by atoms with Crippen molar-refractivity contribution in [3.8, 4) is 5.69 Å². The zero-order valence-electron chi connectivity index (χ0n) is 15.8. The maximum atomic E-state index is 12.4. The summed E-state index contributed by atoms with van der Waals surface area (Å²) in [6.45, 7) is 5.57. The Balaban J connectivity index is 1.65. The third kappa shape index (κ3) is 4.73. The zero-order chi connectivity index (χ0) is 19.2. The minimum atomic E-state index is -0.303. The van der Waals surface area contributed by atoms with E-state index in [0.29, 0.717) is 25.5 Å². The van der Waals surface area contributed by atoms with Crippen LogP contribution in [0.1, 0.15) is 17.0 Å². The van der Waals surface area contributed by atoms with Gasteiger partial charge in [0.2, 0.25) is 0 Å². The van der Waals surface area contributed by atoms with Crippen LogP contribution >= 0.6 is 0 Å². The lowest BCUT2D eigenvalue weighted by Crippen LogP contribution is -2.30. The van der Waals surface area contributed by atoms with Crippen LogP contribution in [0.15, 0.2) is 42.9 Å². The van der Waals surface area contributed by atoms with E-state index in [1.165, 1.54) is 5.56 Å². The SMILES string of the molecule is COCCn1cncc1CNC(=O)Nc1cc(C)nn1-c1ccc(C)cc1. The van der Waals surface area contributed by atoms with Crippen molar-refractivity contribution in [2.75, 3.05) is 19.0 Å². The summed E-state index contributed by atoms with van der Waals surface area (Å²) < 4.78 is 8.75. The number of benzene rings is 1. The van der Waals surface area contributed by atoms with Crippen molar-refractivity contribution in [3.05, 3.63) is 59.8 Å². The van der Waals surface area contributed by atoms with Gasteiger partial charge in [-0.05, 0) is 26.0 Å². The average Bonchev–Trinajstić information content (AvgIpc) is 3.25. The molecule has 2 N–H and O–H groups in total. The van der Waals surface area contributed by atoms with Crippen LogP contribution in [0.2, 0.25) is 0 Å². The predicted molar refractivity (Wildman–Crippen MR) is 103 cm³/mol. The van der Waals surface area contributed by atoms with E-state index in [1.807, 2.05) is 48.7 Å². The van der Waals surface area contributed by atoms with Crippen LogP contribution in [0.4, 0.5) is 10.6 Å². The third-order valence-electron chi connectivity index (χ3n) is 4.12. The molecule has 0 saturated carbocycles. The summed E-state index contributed by atoms with van der Waals surface area (Å²) >= 11 is 0. The second-order valence-corrected chi connectivity index (χ2v) is 6.30. The first-order chi connectivity index (χ1) is 13.1. The van der Waals surface area contributed by atoms with Gasteiger partial charge >= 0.3 is 6.03 Å². The van der Waals surface area contributed by atoms with E-state index in [9.17, 15) is 4.79 Å². The standard InChI is InChI=1S/C19H24N6O2/c1-14-4-6-16(7-5-14)25-18(10-15(2)23-25)22-19(26)21-12-17-11-20-13-24(17)8-9-27-3/h4-7,10-11,13H,8-9,12H2,1-3H3,(H2,21,22,26). The molecule has 0 aliphatic heterocycles. The summed E-state index contributed by atoms with van der Waals surface area (Å²) in [4.78, 5) is 16.5. The lowest BCUT2D eigenvalue weighted by molar-refractivity contribution is 0.186. The normalized spacial score (nSPS) is 10.8. The van der Waals surface area contributed by atoms with Gasteiger partial charge in [0.1, 0.15) is 5.82 Å². The lowest BCUT2D eigenvalue weighted by atomic mass is 10.2. The molecule has 0 aliphatic rings. The molecule has 2 amide bonds. The predicted octanol–water partition coefficient (Wildman–Crippen LogP) is 2.65. The molecule has 8 heteroatoms. The number of aromatic nitrogens is 4. The number of amides is 2. The molecule has 27 heavy (non-hydrogen) atoms. The fourth-order valence-corrected chi connectivity index (χ4v) is 2.69. The highest BCUT2D eigenvalue weighted by molar-refractivity contribution is 5.88. The second kappa shape index (κ2) is 8.50. The number of carbonyl (C=O) groups is 1. The fraction of sp³-hybridized carbons (Fsp3) is 0.316. The number of carbonyl (C=O) groups excluding carboxylic acids is 1. The summed E-state index contributed by atoms with van der Waals surface area (Å²) in [5.41, 5.74) is 3.79. The first kappa shape index (κ1) is 18.7. The molecule has 0 radical (unpaired) electrons. The van der Waals surface area contributed by atoms with E-state index < -0.39 is 0 Å². The minimum absolute atomic E-state index is 0.303. The summed E-state index contributed by atoms with van der Waals surface area (Å²) in [7, 11) is 1.65. The molecule has 0 atom stereocenters. The number of imidazole rings is 1. The molecule has 2 aromatic heterocycles. The van der Waals surface area contributed by atoms with Gasteiger partial charge in [-0.2, -0.15) is 5.10 Å². The highest BCUT2D eigenvalue weighted by atomic mass is 16.5. The maximum absolute atomic E-state index is 12.4. The fourth-order valence-electron chi connectivity index (χ4n) is 2.69. The molecule has 3 aromatic rings. The Labute approximate surface area is 158 Å². The van der Waals surface area contributed by atoms with Crippen LogP contribution in [-0.4, -0.2) is 39.1 Å². The topological polar surface area (TPSA) is 86.0 Å². The van der Waals surface area contributed by atoms with Crippen molar-refractivity contribution in [2.45, 2.75) is 26.9 Å². The third-order valence-corrected chi connectivity index (χ3v) is 4.12. The van der Waals surface area contributed by atoms with E-state index >= 15 is 0 Å². The molecular formula is C19H24N6O2. The van der Waals surface area contributed by atoms with Gasteiger partial charge in [-0.1, -0.05) is 17.7 Å². The number of anilines is 1. The molecule has 0 aliphatic carbocycles. The Bertz CT molecular complexity index is 897. The number of nitrogens with zero attached hydrogens (tertiary/aromatic N) is 4. The first-order valence-electron chi connectivity index (χ1n) is 8.73. The van der Waals surface area contributed by atoms with E-state index in [-0.39, 0.29) is 6.03 Å². The van der Waals surface area contributed by atoms with Crippen molar-refractivity contribution in [2.24, 2.45) is 0 Å². The van der Waals surface area contributed by atoms with Gasteiger partial charge < -0.3 is 14.6 Å². The summed E-state index contributed by atoms with van der Waals surface area (Å²) in [6.07, 6.45) is 3.46. The number of rotatable bonds is 7. The van der Waals surface area contributed by atoms with Crippen LogP contribution in [0, 0.1) is 13.8 Å². The Morgan fingerprint density at radius 3 is 2.74 bits per heavy atom. The van der Waals surface area contributed by atoms with Crippen LogP contribution in [0.5, 0.6) is 0 Å². The smallest absolute Gasteiger partial charge is 0.320 e. The van der Waals surface area contributed by atoms with Gasteiger partial charge in [0.05, 0.1) is 36.6 Å². The summed E-state index contributed by atoms with van der Waals surface area (Å²) in [5, 5.41) is 10.2. The molecule has 3 rings (SSSR count). The molecule has 0 fully saturated rings. The molecule has 0 unspecified atom stereocenters. The Morgan fingerprint density at radius 2 is 2.00 bits per heavy atom. The number of aryl methyl sites for hydroxylation is 2. The number of hydrogen-bond acceptors (Lipinski definition) is 4. The Kier molecular flexibility index (Phi) is 5.87. The largest absolute Gasteiger partial charge is 0.383 e. The van der Waals surface area contributed by atoms with Gasteiger partial charge in [0, 0.05) is 25.9 Å². The first-order valence-corrected chi connectivity index (χ1v) is 8.73. The van der Waals surface area contributed by atoms with Gasteiger partial charge in [0.25, 0.3) is 0 Å². The number of ether oxygens (including phenoxy) is 1. The molecule has 0 spiro atoms. The van der Waals surface area contributed by atoms with Crippen LogP contribution in [-0.2, 0) is 17.8 Å². The molecule has 142 valence electrons. The van der Waals surface area contributed by atoms with E-state index in [4.69, 9.17) is 4.74 Å². The van der Waals surface area contributed by atoms with Crippen LogP contribution < -0.4 is 10.6 Å². The highest BCUT2D eigenvalue weighted by Crippen LogP contribution is 2.17. The quantitative estimate of drug-likeness (QED) is 0.671. The number of urea groups is 1. The number of methoxy groups -OCH3 is 1. The monoisotopic (exact) mass is 368 g/mol. The second-order valence-electron chi connectivity index (χ2n) is 6.30. The maximum Gasteiger partial charge on any atom is 0.320 e. The van der Waals surface area contributed by atoms with Crippen LogP contribution in [0.3, 0.4) is 0 Å². The summed E-state index contributed by atoms with van der Waals surface area (Å²) in [6, 6.07) is 9.50. The molecular weight excluding hydrogens is 344 g/mol. The number of nitrogens with one attached hydrogen (secondary N) is 2. The van der Waals surface area contributed by atoms with Gasteiger partial charge in [-0.3, -0.25) is 5.32 Å². The average molecular weight is 368 g/mol. The van der Waals surface area contributed by atoms with Gasteiger partial charge in [0.15, 0.2) is 0 Å². The van der Waals surface area contributed by atoms with E-state index in [1.54, 1.807) is 24.3 Å². The zero-order valence-corrected chi connectivity index (χ0v) is 15.8. The Hall–Kier alpha value is -3.13. The van der Waals surface area contributed by atoms with Gasteiger partial charge in [-0.25, -0.2) is 14.5 Å². The Morgan fingerprint density at radius 1 is 1.22 bits per heavy atom. The van der Waals surface area contributed by atoms with Crippen molar-refractivity contribution in [3.63, 3.8) is 0 Å². The summed E-state index contributed by atoms with van der Waals surface area (Å²) in [5.74, 6) is 0.613. The molecule has 1 aromatic carbocycles. The van der Waals surface area contributed by atoms with Crippen molar-refractivity contribution in [1.82, 2.24) is 24.6 Å². The molecule has 8 nitrogen and oxygen atoms in total. The van der Waals surface area contributed by atoms with Gasteiger partial charge in [-0.15, -0.1) is 0 Å². The van der Waals surface area contributed by atoms with E-state index in [2.05, 4.69) is 20.7 Å². The van der Waals surface area contributed by atoms with Crippen molar-refractivity contribution in [1.29, 1.82) is 0 Å². The van der Waals surface area contributed by atoms with Crippen molar-refractivity contribution >= 4 is 11.8 Å². The van der Waals surface area contributed by atoms with Crippen molar-refractivity contribution < 1.29 is 9.53 Å².